The largest absolute Gasteiger partial charge is 0.481 e. The molecule has 0 radical (unpaired) electrons. The highest BCUT2D eigenvalue weighted by Crippen LogP contribution is 2.16. The molecule has 4 nitrogen and oxygen atoms in total. The Hall–Kier alpha value is -2.33. The van der Waals surface area contributed by atoms with Gasteiger partial charge in [0.05, 0.1) is 0 Å². The van der Waals surface area contributed by atoms with Crippen molar-refractivity contribution < 1.29 is 9.53 Å². The third kappa shape index (κ3) is 6.10. The van der Waals surface area contributed by atoms with Gasteiger partial charge in [-0.25, -0.2) is 0 Å². The maximum Gasteiger partial charge on any atom is 0.261 e. The van der Waals surface area contributed by atoms with Gasteiger partial charge >= 0.3 is 0 Å². The summed E-state index contributed by atoms with van der Waals surface area (Å²) in [5, 5.41) is 3.03. The monoisotopic (exact) mass is 380 g/mol. The Balaban J connectivity index is 1.52. The molecular weight excluding hydrogens is 348 g/mol. The molecule has 1 N–H and O–H groups in total. The quantitative estimate of drug-likeness (QED) is 0.735. The summed E-state index contributed by atoms with van der Waals surface area (Å²) in [6.45, 7) is 7.91. The SMILES string of the molecule is CCC(Oc1ccc(C)cc1)C(=O)NCc1cccc(CN2CCCCC2)c1. The number of carbonyl (C=O) groups is 1. The third-order valence-electron chi connectivity index (χ3n) is 5.28. The Morgan fingerprint density at radius 1 is 1.07 bits per heavy atom. The highest BCUT2D eigenvalue weighted by atomic mass is 16.5. The summed E-state index contributed by atoms with van der Waals surface area (Å²) >= 11 is 0. The van der Waals surface area contributed by atoms with Crippen molar-refractivity contribution in [3.05, 3.63) is 65.2 Å². The fourth-order valence-corrected chi connectivity index (χ4v) is 3.62. The summed E-state index contributed by atoms with van der Waals surface area (Å²) in [6, 6.07) is 16.3. The second-order valence-electron chi connectivity index (χ2n) is 7.70. The van der Waals surface area contributed by atoms with E-state index in [1.165, 1.54) is 43.5 Å². The molecule has 1 saturated heterocycles. The molecule has 2 aromatic carbocycles. The van der Waals surface area contributed by atoms with Crippen molar-refractivity contribution in [3.8, 4) is 5.75 Å². The highest BCUT2D eigenvalue weighted by molar-refractivity contribution is 5.81. The third-order valence-corrected chi connectivity index (χ3v) is 5.28. The molecule has 1 aliphatic rings. The first-order valence-corrected chi connectivity index (χ1v) is 10.5. The minimum absolute atomic E-state index is 0.0653. The molecule has 1 fully saturated rings. The van der Waals surface area contributed by atoms with E-state index >= 15 is 0 Å². The minimum Gasteiger partial charge on any atom is -0.481 e. The number of hydrogen-bond donors (Lipinski definition) is 1. The van der Waals surface area contributed by atoms with E-state index < -0.39 is 6.10 Å². The van der Waals surface area contributed by atoms with Crippen molar-refractivity contribution in [3.63, 3.8) is 0 Å². The van der Waals surface area contributed by atoms with Gasteiger partial charge in [0.15, 0.2) is 6.10 Å². The Kier molecular flexibility index (Phi) is 7.49. The van der Waals surface area contributed by atoms with Crippen molar-refractivity contribution in [2.24, 2.45) is 0 Å². The zero-order chi connectivity index (χ0) is 19.8. The predicted octanol–water partition coefficient (Wildman–Crippen LogP) is 4.45. The van der Waals surface area contributed by atoms with Gasteiger partial charge < -0.3 is 10.1 Å². The predicted molar refractivity (Wildman–Crippen MR) is 113 cm³/mol. The molecule has 150 valence electrons. The maximum absolute atomic E-state index is 12.6. The van der Waals surface area contributed by atoms with E-state index in [1.54, 1.807) is 0 Å². The van der Waals surface area contributed by atoms with Crippen molar-refractivity contribution >= 4 is 5.91 Å². The summed E-state index contributed by atoms with van der Waals surface area (Å²) in [7, 11) is 0. The van der Waals surface area contributed by atoms with E-state index in [9.17, 15) is 4.79 Å². The molecule has 0 spiro atoms. The molecular formula is C24H32N2O2. The summed E-state index contributed by atoms with van der Waals surface area (Å²) in [5.41, 5.74) is 3.62. The van der Waals surface area contributed by atoms with E-state index in [0.717, 1.165) is 17.9 Å². The number of ether oxygens (including phenoxy) is 1. The van der Waals surface area contributed by atoms with Crippen LogP contribution in [0.4, 0.5) is 0 Å². The van der Waals surface area contributed by atoms with E-state index in [4.69, 9.17) is 4.74 Å². The van der Waals surface area contributed by atoms with E-state index in [2.05, 4.69) is 34.5 Å². The van der Waals surface area contributed by atoms with Gasteiger partial charge in [-0.15, -0.1) is 0 Å². The summed E-state index contributed by atoms with van der Waals surface area (Å²) in [6.07, 6.45) is 4.12. The lowest BCUT2D eigenvalue weighted by Gasteiger charge is -2.26. The number of piperidine rings is 1. The molecule has 1 aliphatic heterocycles. The average Bonchev–Trinajstić information content (AvgIpc) is 2.72. The normalized spacial score (nSPS) is 15.8. The average molecular weight is 381 g/mol. The Labute approximate surface area is 168 Å². The van der Waals surface area contributed by atoms with Crippen LogP contribution in [0.5, 0.6) is 5.75 Å². The number of nitrogens with zero attached hydrogens (tertiary/aromatic N) is 1. The number of carbonyl (C=O) groups excluding carboxylic acids is 1. The zero-order valence-electron chi connectivity index (χ0n) is 17.1. The molecule has 1 unspecified atom stereocenters. The van der Waals surface area contributed by atoms with Crippen molar-refractivity contribution in [1.29, 1.82) is 0 Å². The van der Waals surface area contributed by atoms with E-state index in [0.29, 0.717) is 13.0 Å². The van der Waals surface area contributed by atoms with Gasteiger partial charge in [-0.2, -0.15) is 0 Å². The lowest BCUT2D eigenvalue weighted by atomic mass is 10.1. The molecule has 2 aromatic rings. The van der Waals surface area contributed by atoms with Gasteiger partial charge in [0.2, 0.25) is 0 Å². The first-order chi connectivity index (χ1) is 13.6. The fourth-order valence-electron chi connectivity index (χ4n) is 3.62. The van der Waals surface area contributed by atoms with Crippen LogP contribution in [0.25, 0.3) is 0 Å². The van der Waals surface area contributed by atoms with Crippen LogP contribution in [0, 0.1) is 6.92 Å². The molecule has 4 heteroatoms. The topological polar surface area (TPSA) is 41.6 Å². The van der Waals surface area contributed by atoms with Gasteiger partial charge in [0.25, 0.3) is 5.91 Å². The molecule has 1 atom stereocenters. The fraction of sp³-hybridized carbons (Fsp3) is 0.458. The second kappa shape index (κ2) is 10.3. The zero-order valence-corrected chi connectivity index (χ0v) is 17.1. The highest BCUT2D eigenvalue weighted by Gasteiger charge is 2.18. The van der Waals surface area contributed by atoms with Gasteiger partial charge in [-0.05, 0) is 62.5 Å². The molecule has 0 bridgehead atoms. The van der Waals surface area contributed by atoms with Gasteiger partial charge in [0, 0.05) is 13.1 Å². The summed E-state index contributed by atoms with van der Waals surface area (Å²) in [4.78, 5) is 15.1. The molecule has 28 heavy (non-hydrogen) atoms. The molecule has 1 amide bonds. The first-order valence-electron chi connectivity index (χ1n) is 10.5. The maximum atomic E-state index is 12.6. The molecule has 0 saturated carbocycles. The minimum atomic E-state index is -0.473. The molecule has 1 heterocycles. The van der Waals surface area contributed by atoms with Crippen LogP contribution in [0.1, 0.15) is 49.3 Å². The van der Waals surface area contributed by atoms with Crippen LogP contribution in [0.15, 0.2) is 48.5 Å². The Morgan fingerprint density at radius 2 is 1.79 bits per heavy atom. The van der Waals surface area contributed by atoms with Crippen molar-refractivity contribution in [1.82, 2.24) is 10.2 Å². The van der Waals surface area contributed by atoms with Crippen LogP contribution in [-0.4, -0.2) is 30.0 Å². The van der Waals surface area contributed by atoms with Crippen LogP contribution in [-0.2, 0) is 17.9 Å². The van der Waals surface area contributed by atoms with E-state index in [-0.39, 0.29) is 5.91 Å². The number of benzene rings is 2. The number of aryl methyl sites for hydroxylation is 1. The van der Waals surface area contributed by atoms with E-state index in [1.807, 2.05) is 38.1 Å². The summed E-state index contributed by atoms with van der Waals surface area (Å²) < 4.78 is 5.87. The van der Waals surface area contributed by atoms with Gasteiger partial charge in [-0.1, -0.05) is 55.3 Å². The first kappa shape index (κ1) is 20.4. The van der Waals surface area contributed by atoms with Crippen LogP contribution >= 0.6 is 0 Å². The second-order valence-corrected chi connectivity index (χ2v) is 7.70. The number of rotatable bonds is 8. The van der Waals surface area contributed by atoms with Crippen LogP contribution in [0.2, 0.25) is 0 Å². The standard InChI is InChI=1S/C24H32N2O2/c1-3-23(28-22-12-10-19(2)11-13-22)24(27)25-17-20-8-7-9-21(16-20)18-26-14-5-4-6-15-26/h7-13,16,23H,3-6,14-15,17-18H2,1-2H3,(H,25,27). The summed E-state index contributed by atoms with van der Waals surface area (Å²) in [5.74, 6) is 0.667. The Morgan fingerprint density at radius 3 is 2.50 bits per heavy atom. The lowest BCUT2D eigenvalue weighted by Crippen LogP contribution is -2.37. The van der Waals surface area contributed by atoms with Gasteiger partial charge in [-0.3, -0.25) is 9.69 Å². The molecule has 0 aliphatic carbocycles. The lowest BCUT2D eigenvalue weighted by molar-refractivity contribution is -0.128. The number of hydrogen-bond acceptors (Lipinski definition) is 3. The smallest absolute Gasteiger partial charge is 0.261 e. The van der Waals surface area contributed by atoms with Crippen molar-refractivity contribution in [2.45, 2.75) is 58.7 Å². The van der Waals surface area contributed by atoms with Crippen molar-refractivity contribution in [2.75, 3.05) is 13.1 Å². The van der Waals surface area contributed by atoms with Crippen LogP contribution in [0.3, 0.4) is 0 Å². The number of nitrogens with one attached hydrogen (secondary N) is 1. The molecule has 3 rings (SSSR count). The van der Waals surface area contributed by atoms with Gasteiger partial charge in [0.1, 0.15) is 5.75 Å². The number of likely N-dealkylation sites (tertiary alicyclic amines) is 1. The van der Waals surface area contributed by atoms with Crippen LogP contribution < -0.4 is 10.1 Å². The Bertz CT molecular complexity index is 751. The number of amides is 1. The molecule has 0 aromatic heterocycles.